The molecule has 5 aromatic rings. The summed E-state index contributed by atoms with van der Waals surface area (Å²) in [6, 6.07) is 21.7. The maximum Gasteiger partial charge on any atom is 0.363 e. The van der Waals surface area contributed by atoms with Gasteiger partial charge in [-0.2, -0.15) is 0 Å². The van der Waals surface area contributed by atoms with Crippen LogP contribution in [0, 0.1) is 0 Å². The number of cyclic esters (lactones) is 1. The molecule has 0 radical (unpaired) electrons. The van der Waals surface area contributed by atoms with Gasteiger partial charge in [-0.15, -0.1) is 11.3 Å². The monoisotopic (exact) mass is 507 g/mol. The SMILES string of the molecule is O=C1OC(c2sc3cc(Cl)cc(Cl)c3c2Cl)=N/C1=C\c1c2ccccc2cc2ccccc12. The molecule has 0 amide bonds. The first-order chi connectivity index (χ1) is 16.0. The average molecular weight is 509 g/mol. The summed E-state index contributed by atoms with van der Waals surface area (Å²) >= 11 is 20.4. The summed E-state index contributed by atoms with van der Waals surface area (Å²) in [7, 11) is 0. The van der Waals surface area contributed by atoms with Crippen molar-refractivity contribution in [3.8, 4) is 0 Å². The minimum atomic E-state index is -0.528. The van der Waals surface area contributed by atoms with E-state index in [4.69, 9.17) is 39.5 Å². The number of halogens is 3. The van der Waals surface area contributed by atoms with Crippen molar-refractivity contribution in [1.29, 1.82) is 0 Å². The molecule has 0 fully saturated rings. The molecular formula is C26H12Cl3NO2S. The zero-order chi connectivity index (χ0) is 22.7. The largest absolute Gasteiger partial charge is 0.401 e. The van der Waals surface area contributed by atoms with Gasteiger partial charge in [0.05, 0.1) is 10.0 Å². The summed E-state index contributed by atoms with van der Waals surface area (Å²) in [5.41, 5.74) is 1.13. The van der Waals surface area contributed by atoms with Gasteiger partial charge < -0.3 is 4.74 Å². The van der Waals surface area contributed by atoms with Crippen molar-refractivity contribution in [3.05, 3.63) is 97.9 Å². The number of carbonyl (C=O) groups excluding carboxylic acids is 1. The van der Waals surface area contributed by atoms with Crippen LogP contribution in [0.25, 0.3) is 37.7 Å². The fraction of sp³-hybridized carbons (Fsp3) is 0. The summed E-state index contributed by atoms with van der Waals surface area (Å²) in [6.45, 7) is 0. The molecule has 3 nitrogen and oxygen atoms in total. The molecule has 0 aliphatic carbocycles. The molecule has 0 unspecified atom stereocenters. The van der Waals surface area contributed by atoms with Crippen LogP contribution in [0.1, 0.15) is 10.4 Å². The maximum absolute atomic E-state index is 12.8. The van der Waals surface area contributed by atoms with Gasteiger partial charge in [-0.25, -0.2) is 9.79 Å². The minimum Gasteiger partial charge on any atom is -0.401 e. The molecule has 6 rings (SSSR count). The van der Waals surface area contributed by atoms with Crippen molar-refractivity contribution in [2.75, 3.05) is 0 Å². The van der Waals surface area contributed by atoms with Gasteiger partial charge in [-0.1, -0.05) is 83.3 Å². The Kier molecular flexibility index (Phi) is 4.93. The smallest absolute Gasteiger partial charge is 0.363 e. The lowest BCUT2D eigenvalue weighted by Gasteiger charge is -2.08. The fourth-order valence-corrected chi connectivity index (χ4v) is 6.40. The molecule has 160 valence electrons. The number of hydrogen-bond acceptors (Lipinski definition) is 4. The van der Waals surface area contributed by atoms with E-state index in [2.05, 4.69) is 23.2 Å². The number of esters is 1. The number of aliphatic imine (C=N–C) groups is 1. The number of thiophene rings is 1. The van der Waals surface area contributed by atoms with Crippen molar-refractivity contribution in [3.63, 3.8) is 0 Å². The van der Waals surface area contributed by atoms with E-state index in [-0.39, 0.29) is 11.6 Å². The van der Waals surface area contributed by atoms with Crippen molar-refractivity contribution < 1.29 is 9.53 Å². The number of carbonyl (C=O) groups is 1. The maximum atomic E-state index is 12.8. The van der Waals surface area contributed by atoms with Crippen LogP contribution in [0.5, 0.6) is 0 Å². The van der Waals surface area contributed by atoms with Gasteiger partial charge in [0, 0.05) is 15.1 Å². The first-order valence-electron chi connectivity index (χ1n) is 10.00. The minimum absolute atomic E-state index is 0.161. The number of nitrogens with zero attached hydrogens (tertiary/aromatic N) is 1. The van der Waals surface area contributed by atoms with E-state index in [1.54, 1.807) is 18.2 Å². The van der Waals surface area contributed by atoms with E-state index >= 15 is 0 Å². The lowest BCUT2D eigenvalue weighted by atomic mass is 9.96. The van der Waals surface area contributed by atoms with E-state index in [9.17, 15) is 4.79 Å². The third-order valence-electron chi connectivity index (χ3n) is 5.56. The molecule has 2 heterocycles. The summed E-state index contributed by atoms with van der Waals surface area (Å²) in [6.07, 6.45) is 1.78. The van der Waals surface area contributed by atoms with Gasteiger partial charge in [-0.3, -0.25) is 0 Å². The van der Waals surface area contributed by atoms with Crippen molar-refractivity contribution in [2.45, 2.75) is 0 Å². The van der Waals surface area contributed by atoms with E-state index < -0.39 is 5.97 Å². The number of benzene rings is 4. The first-order valence-corrected chi connectivity index (χ1v) is 11.9. The molecule has 0 saturated heterocycles. The molecule has 0 saturated carbocycles. The summed E-state index contributed by atoms with van der Waals surface area (Å²) in [4.78, 5) is 17.8. The Balaban J connectivity index is 1.54. The summed E-state index contributed by atoms with van der Waals surface area (Å²) in [5.74, 6) is -0.367. The van der Waals surface area contributed by atoms with E-state index in [0.717, 1.165) is 31.8 Å². The highest BCUT2D eigenvalue weighted by atomic mass is 35.5. The van der Waals surface area contributed by atoms with Crippen molar-refractivity contribution in [1.82, 2.24) is 0 Å². The molecule has 0 N–H and O–H groups in total. The third kappa shape index (κ3) is 3.42. The van der Waals surface area contributed by atoms with Gasteiger partial charge in [0.2, 0.25) is 5.90 Å². The van der Waals surface area contributed by atoms with Gasteiger partial charge in [0.1, 0.15) is 4.88 Å². The predicted molar refractivity (Wildman–Crippen MR) is 139 cm³/mol. The van der Waals surface area contributed by atoms with Gasteiger partial charge in [0.25, 0.3) is 0 Å². The van der Waals surface area contributed by atoms with Crippen LogP contribution >= 0.6 is 46.1 Å². The van der Waals surface area contributed by atoms with Crippen LogP contribution in [-0.4, -0.2) is 11.9 Å². The number of fused-ring (bicyclic) bond motifs is 3. The zero-order valence-electron chi connectivity index (χ0n) is 16.7. The van der Waals surface area contributed by atoms with E-state index in [1.807, 2.05) is 36.4 Å². The standard InChI is InChI=1S/C26H12Cl3NO2S/c27-15-10-19(28)22-21(11-15)33-24(23(22)29)25-30-20(26(31)32-25)12-18-16-7-3-1-5-13(16)9-14-6-2-4-8-17(14)18/h1-12H/b20-12-. The Morgan fingerprint density at radius 3 is 2.24 bits per heavy atom. The van der Waals surface area contributed by atoms with E-state index in [1.165, 1.54) is 11.3 Å². The fourth-order valence-electron chi connectivity index (χ4n) is 4.10. The lowest BCUT2D eigenvalue weighted by Crippen LogP contribution is -2.04. The quantitative estimate of drug-likeness (QED) is 0.136. The van der Waals surface area contributed by atoms with Gasteiger partial charge >= 0.3 is 5.97 Å². The highest BCUT2D eigenvalue weighted by Crippen LogP contribution is 2.42. The predicted octanol–water partition coefficient (Wildman–Crippen LogP) is 8.51. The second-order valence-electron chi connectivity index (χ2n) is 7.57. The topological polar surface area (TPSA) is 38.7 Å². The zero-order valence-corrected chi connectivity index (χ0v) is 19.8. The Bertz CT molecular complexity index is 1650. The third-order valence-corrected chi connectivity index (χ3v) is 7.69. The second kappa shape index (κ2) is 7.86. The Morgan fingerprint density at radius 1 is 0.879 bits per heavy atom. The molecular weight excluding hydrogens is 497 g/mol. The molecule has 0 bridgehead atoms. The number of rotatable bonds is 2. The molecule has 1 aliphatic rings. The first kappa shape index (κ1) is 20.7. The Labute approximate surface area is 207 Å². The average Bonchev–Trinajstić information content (AvgIpc) is 3.32. The lowest BCUT2D eigenvalue weighted by molar-refractivity contribution is -0.129. The van der Waals surface area contributed by atoms with Crippen LogP contribution < -0.4 is 0 Å². The van der Waals surface area contributed by atoms with Crippen LogP contribution in [0.4, 0.5) is 0 Å². The molecule has 1 aliphatic heterocycles. The van der Waals surface area contributed by atoms with Crippen molar-refractivity contribution >= 4 is 95.7 Å². The molecule has 7 heteroatoms. The van der Waals surface area contributed by atoms with Crippen LogP contribution in [0.2, 0.25) is 15.1 Å². The van der Waals surface area contributed by atoms with E-state index in [0.29, 0.717) is 25.3 Å². The van der Waals surface area contributed by atoms with Crippen LogP contribution in [-0.2, 0) is 9.53 Å². The highest BCUT2D eigenvalue weighted by molar-refractivity contribution is 7.21. The van der Waals surface area contributed by atoms with Crippen molar-refractivity contribution in [2.24, 2.45) is 4.99 Å². The van der Waals surface area contributed by atoms with Crippen LogP contribution in [0.3, 0.4) is 0 Å². The molecule has 1 aromatic heterocycles. The Morgan fingerprint density at radius 2 is 1.55 bits per heavy atom. The highest BCUT2D eigenvalue weighted by Gasteiger charge is 2.29. The molecule has 4 aromatic carbocycles. The number of ether oxygens (including phenoxy) is 1. The molecule has 33 heavy (non-hydrogen) atoms. The summed E-state index contributed by atoms with van der Waals surface area (Å²) < 4.78 is 6.32. The summed E-state index contributed by atoms with van der Waals surface area (Å²) in [5, 5.41) is 6.22. The molecule has 0 atom stereocenters. The van der Waals surface area contributed by atoms with Gasteiger partial charge in [-0.05, 0) is 51.4 Å². The molecule has 0 spiro atoms. The van der Waals surface area contributed by atoms with Crippen LogP contribution in [0.15, 0.2) is 77.4 Å². The number of hydrogen-bond donors (Lipinski definition) is 0. The Hall–Kier alpha value is -2.89. The van der Waals surface area contributed by atoms with Gasteiger partial charge in [0.15, 0.2) is 5.70 Å². The normalized spacial score (nSPS) is 15.1. The second-order valence-corrected chi connectivity index (χ2v) is 9.85.